The van der Waals surface area contributed by atoms with Crippen molar-refractivity contribution in [3.05, 3.63) is 45.9 Å². The Labute approximate surface area is 169 Å². The molecule has 150 valence electrons. The molecule has 1 N–H and O–H groups in total. The van der Waals surface area contributed by atoms with Crippen LogP contribution in [0.2, 0.25) is 0 Å². The molecule has 0 aliphatic carbocycles. The highest BCUT2D eigenvalue weighted by Crippen LogP contribution is 2.30. The number of nitrogens with zero attached hydrogens (tertiary/aromatic N) is 2. The second-order valence-corrected chi connectivity index (χ2v) is 8.26. The largest absolute Gasteiger partial charge is 0.497 e. The molecule has 2 aromatic rings. The highest BCUT2D eigenvalue weighted by atomic mass is 32.1. The minimum absolute atomic E-state index is 0.0310. The maximum absolute atomic E-state index is 12.8. The maximum atomic E-state index is 12.8. The predicted molar refractivity (Wildman–Crippen MR) is 110 cm³/mol. The van der Waals surface area contributed by atoms with E-state index >= 15 is 0 Å². The fraction of sp³-hybridized carbons (Fsp3) is 0.476. The van der Waals surface area contributed by atoms with Gasteiger partial charge in [0.1, 0.15) is 5.75 Å². The summed E-state index contributed by atoms with van der Waals surface area (Å²) in [7, 11) is 1.61. The summed E-state index contributed by atoms with van der Waals surface area (Å²) in [4.78, 5) is 31.2. The Morgan fingerprint density at radius 3 is 2.75 bits per heavy atom. The Morgan fingerprint density at radius 1 is 1.32 bits per heavy atom. The average Bonchev–Trinajstić information content (AvgIpc) is 3.20. The van der Waals surface area contributed by atoms with E-state index < -0.39 is 0 Å². The van der Waals surface area contributed by atoms with Crippen LogP contribution in [0.25, 0.3) is 0 Å². The lowest BCUT2D eigenvalue weighted by atomic mass is 9.98. The summed E-state index contributed by atoms with van der Waals surface area (Å²) in [6.45, 7) is 5.64. The van der Waals surface area contributed by atoms with Gasteiger partial charge in [-0.15, -0.1) is 11.3 Å². The highest BCUT2D eigenvalue weighted by Gasteiger charge is 2.27. The van der Waals surface area contributed by atoms with E-state index in [1.54, 1.807) is 18.4 Å². The van der Waals surface area contributed by atoms with E-state index in [0.29, 0.717) is 18.7 Å². The van der Waals surface area contributed by atoms with Gasteiger partial charge in [0.2, 0.25) is 5.91 Å². The number of carbonyl (C=O) groups is 2. The van der Waals surface area contributed by atoms with E-state index in [2.05, 4.69) is 5.32 Å². The van der Waals surface area contributed by atoms with Crippen LogP contribution < -0.4 is 10.1 Å². The number of methoxy groups -OCH3 is 1. The zero-order chi connectivity index (χ0) is 20.1. The summed E-state index contributed by atoms with van der Waals surface area (Å²) in [5.74, 6) is 1.04. The molecule has 0 spiro atoms. The zero-order valence-corrected chi connectivity index (χ0v) is 17.4. The van der Waals surface area contributed by atoms with E-state index in [4.69, 9.17) is 9.72 Å². The third kappa shape index (κ3) is 4.90. The lowest BCUT2D eigenvalue weighted by molar-refractivity contribution is -0.124. The Balaban J connectivity index is 1.61. The van der Waals surface area contributed by atoms with Gasteiger partial charge in [-0.3, -0.25) is 9.59 Å². The van der Waals surface area contributed by atoms with E-state index in [1.807, 2.05) is 48.4 Å². The van der Waals surface area contributed by atoms with Crippen LogP contribution >= 0.6 is 11.3 Å². The number of hydrogen-bond acceptors (Lipinski definition) is 5. The summed E-state index contributed by atoms with van der Waals surface area (Å²) in [5.41, 5.74) is 1.56. The molecule has 1 fully saturated rings. The molecule has 2 amide bonds. The Hall–Kier alpha value is -2.41. The van der Waals surface area contributed by atoms with Crippen molar-refractivity contribution >= 4 is 23.2 Å². The molecule has 0 saturated carbocycles. The normalized spacial score (nSPS) is 16.9. The number of carbonyl (C=O) groups excluding carboxylic acids is 2. The van der Waals surface area contributed by atoms with Crippen LogP contribution in [-0.2, 0) is 11.3 Å². The van der Waals surface area contributed by atoms with Gasteiger partial charge in [-0.25, -0.2) is 4.98 Å². The van der Waals surface area contributed by atoms with Crippen LogP contribution in [0.4, 0.5) is 0 Å². The number of nitrogens with one attached hydrogen (secondary N) is 1. The van der Waals surface area contributed by atoms with Gasteiger partial charge >= 0.3 is 0 Å². The molecule has 1 atom stereocenters. The SMILES string of the molecule is COc1ccc(C(=O)N2CCC[C@@H](c3nc(CNC(=O)C(C)C)cs3)C2)cc1. The number of rotatable bonds is 6. The van der Waals surface area contributed by atoms with Gasteiger partial charge in [0.25, 0.3) is 5.91 Å². The summed E-state index contributed by atoms with van der Waals surface area (Å²) in [6.07, 6.45) is 1.99. The van der Waals surface area contributed by atoms with E-state index in [9.17, 15) is 9.59 Å². The third-order valence-electron chi connectivity index (χ3n) is 4.93. The van der Waals surface area contributed by atoms with Crippen LogP contribution in [0.3, 0.4) is 0 Å². The van der Waals surface area contributed by atoms with E-state index in [1.165, 1.54) is 0 Å². The van der Waals surface area contributed by atoms with Crippen molar-refractivity contribution in [2.75, 3.05) is 20.2 Å². The molecule has 1 aliphatic rings. The molecule has 1 aromatic carbocycles. The van der Waals surface area contributed by atoms with Gasteiger partial charge in [-0.1, -0.05) is 13.8 Å². The number of thiazole rings is 1. The fourth-order valence-corrected chi connectivity index (χ4v) is 4.20. The maximum Gasteiger partial charge on any atom is 0.253 e. The molecule has 0 radical (unpaired) electrons. The number of hydrogen-bond donors (Lipinski definition) is 1. The highest BCUT2D eigenvalue weighted by molar-refractivity contribution is 7.09. The minimum atomic E-state index is -0.0334. The zero-order valence-electron chi connectivity index (χ0n) is 16.6. The quantitative estimate of drug-likeness (QED) is 0.805. The second kappa shape index (κ2) is 9.19. The number of aromatic nitrogens is 1. The molecule has 0 unspecified atom stereocenters. The first-order valence-corrected chi connectivity index (χ1v) is 10.5. The van der Waals surface area contributed by atoms with Crippen molar-refractivity contribution in [2.24, 2.45) is 5.92 Å². The number of benzene rings is 1. The first-order valence-electron chi connectivity index (χ1n) is 9.63. The van der Waals surface area contributed by atoms with Crippen LogP contribution in [0.1, 0.15) is 53.7 Å². The molecule has 7 heteroatoms. The monoisotopic (exact) mass is 401 g/mol. The fourth-order valence-electron chi connectivity index (χ4n) is 3.25. The summed E-state index contributed by atoms with van der Waals surface area (Å²) < 4.78 is 5.16. The van der Waals surface area contributed by atoms with Crippen LogP contribution in [-0.4, -0.2) is 41.9 Å². The predicted octanol–water partition coefficient (Wildman–Crippen LogP) is 3.44. The van der Waals surface area contributed by atoms with E-state index in [0.717, 1.165) is 35.8 Å². The lowest BCUT2D eigenvalue weighted by Gasteiger charge is -2.32. The molecule has 1 aliphatic heterocycles. The molecule has 1 aromatic heterocycles. The van der Waals surface area contributed by atoms with Gasteiger partial charge in [0, 0.05) is 35.9 Å². The smallest absolute Gasteiger partial charge is 0.253 e. The van der Waals surface area contributed by atoms with Gasteiger partial charge in [0.05, 0.1) is 24.4 Å². The Morgan fingerprint density at radius 2 is 2.07 bits per heavy atom. The molecule has 3 rings (SSSR count). The molecule has 28 heavy (non-hydrogen) atoms. The topological polar surface area (TPSA) is 71.5 Å². The van der Waals surface area contributed by atoms with E-state index in [-0.39, 0.29) is 23.7 Å². The van der Waals surface area contributed by atoms with Crippen molar-refractivity contribution in [2.45, 2.75) is 39.2 Å². The van der Waals surface area contributed by atoms with Crippen LogP contribution in [0.5, 0.6) is 5.75 Å². The van der Waals surface area contributed by atoms with Gasteiger partial charge in [0.15, 0.2) is 0 Å². The minimum Gasteiger partial charge on any atom is -0.497 e. The molecular weight excluding hydrogens is 374 g/mol. The summed E-state index contributed by atoms with van der Waals surface area (Å²) in [6, 6.07) is 7.24. The average molecular weight is 402 g/mol. The summed E-state index contributed by atoms with van der Waals surface area (Å²) >= 11 is 1.61. The Bertz CT molecular complexity index is 817. The van der Waals surface area contributed by atoms with Crippen molar-refractivity contribution < 1.29 is 14.3 Å². The lowest BCUT2D eigenvalue weighted by Crippen LogP contribution is -2.39. The first-order chi connectivity index (χ1) is 13.5. The number of likely N-dealkylation sites (tertiary alicyclic amines) is 1. The van der Waals surface area contributed by atoms with Gasteiger partial charge < -0.3 is 15.0 Å². The number of piperidine rings is 1. The number of ether oxygens (including phenoxy) is 1. The molecular formula is C21H27N3O3S. The second-order valence-electron chi connectivity index (χ2n) is 7.37. The van der Waals surface area contributed by atoms with Crippen molar-refractivity contribution in [1.82, 2.24) is 15.2 Å². The standard InChI is InChI=1S/C21H27N3O3S/c1-14(2)19(25)22-11-17-13-28-20(23-17)16-5-4-10-24(12-16)21(26)15-6-8-18(27-3)9-7-15/h6-9,13-14,16H,4-5,10-12H2,1-3H3,(H,22,25)/t16-/m1/s1. The van der Waals surface area contributed by atoms with Gasteiger partial charge in [-0.2, -0.15) is 0 Å². The number of amides is 2. The molecule has 1 saturated heterocycles. The molecule has 0 bridgehead atoms. The Kier molecular flexibility index (Phi) is 6.67. The third-order valence-corrected chi connectivity index (χ3v) is 5.99. The molecule has 2 heterocycles. The first kappa shape index (κ1) is 20.3. The molecule has 6 nitrogen and oxygen atoms in total. The van der Waals surface area contributed by atoms with Gasteiger partial charge in [-0.05, 0) is 37.1 Å². The van der Waals surface area contributed by atoms with Crippen molar-refractivity contribution in [1.29, 1.82) is 0 Å². The summed E-state index contributed by atoms with van der Waals surface area (Å²) in [5, 5.41) is 5.95. The van der Waals surface area contributed by atoms with Crippen molar-refractivity contribution in [3.8, 4) is 5.75 Å². The van der Waals surface area contributed by atoms with Crippen molar-refractivity contribution in [3.63, 3.8) is 0 Å². The van der Waals surface area contributed by atoms with Crippen LogP contribution in [0.15, 0.2) is 29.6 Å². The van der Waals surface area contributed by atoms with Crippen LogP contribution in [0, 0.1) is 5.92 Å².